The summed E-state index contributed by atoms with van der Waals surface area (Å²) in [4.78, 5) is 14.0. The van der Waals surface area contributed by atoms with Crippen LogP contribution >= 0.6 is 0 Å². The molecular formula is C25H36NO3+. The quantitative estimate of drug-likeness (QED) is 0.592. The van der Waals surface area contributed by atoms with Crippen LogP contribution in [0, 0.1) is 23.2 Å². The van der Waals surface area contributed by atoms with E-state index in [0.29, 0.717) is 12.5 Å². The van der Waals surface area contributed by atoms with Crippen LogP contribution in [0.15, 0.2) is 42.5 Å². The number of aliphatic hydroxyl groups excluding tert-OH is 1. The van der Waals surface area contributed by atoms with Crippen molar-refractivity contribution in [1.29, 1.82) is 0 Å². The average molecular weight is 399 g/mol. The molecule has 1 unspecified atom stereocenters. The minimum absolute atomic E-state index is 0.00255. The van der Waals surface area contributed by atoms with Crippen molar-refractivity contribution in [2.75, 3.05) is 13.6 Å². The van der Waals surface area contributed by atoms with E-state index < -0.39 is 6.10 Å². The van der Waals surface area contributed by atoms with E-state index in [1.54, 1.807) is 0 Å². The number of ether oxygens (including phenoxy) is 1. The molecule has 4 rings (SSSR count). The number of carbonyl (C=O) groups is 1. The van der Waals surface area contributed by atoms with E-state index >= 15 is 0 Å². The fraction of sp³-hybridized carbons (Fsp3) is 0.640. The van der Waals surface area contributed by atoms with Gasteiger partial charge in [0.2, 0.25) is 0 Å². The molecule has 0 amide bonds. The van der Waals surface area contributed by atoms with Gasteiger partial charge in [0.15, 0.2) is 0 Å². The molecule has 0 radical (unpaired) electrons. The summed E-state index contributed by atoms with van der Waals surface area (Å²) in [6.07, 6.45) is 5.07. The van der Waals surface area contributed by atoms with E-state index in [2.05, 4.69) is 27.5 Å². The summed E-state index contributed by atoms with van der Waals surface area (Å²) in [5.74, 6) is 0.687. The molecular weight excluding hydrogens is 362 g/mol. The Balaban J connectivity index is 1.46. The van der Waals surface area contributed by atoms with Crippen LogP contribution < -0.4 is 4.90 Å². The number of allylic oxidation sites excluding steroid dienone is 1. The standard InChI is InChI=1S/C25H35NO3/c1-16-9-8-12-25(3)14-22-19(13-21(16)25)20(24(28)29-22)15-26(4)17(2)23(27)18-10-6-5-7-11-18/h5-7,10-11,17,19-23,27H,1,8-9,12-15H2,2-4H3/p+1/t17-,19+,20+,21-,22+,23+,25+/m0/s1. The number of hydrogen-bond acceptors (Lipinski definition) is 3. The zero-order chi connectivity index (χ0) is 20.8. The van der Waals surface area contributed by atoms with Gasteiger partial charge in [0.25, 0.3) is 0 Å². The van der Waals surface area contributed by atoms with E-state index in [-0.39, 0.29) is 35.4 Å². The molecule has 1 aliphatic heterocycles. The Labute approximate surface area is 174 Å². The molecule has 8 atom stereocenters. The number of fused-ring (bicyclic) bond motifs is 2. The topological polar surface area (TPSA) is 51.0 Å². The molecule has 29 heavy (non-hydrogen) atoms. The van der Waals surface area contributed by atoms with Crippen molar-refractivity contribution in [3.63, 3.8) is 0 Å². The molecule has 3 aliphatic rings. The molecule has 2 aliphatic carbocycles. The van der Waals surface area contributed by atoms with Gasteiger partial charge >= 0.3 is 5.97 Å². The molecule has 1 heterocycles. The zero-order valence-electron chi connectivity index (χ0n) is 18.1. The number of esters is 1. The smallest absolute Gasteiger partial charge is 0.315 e. The summed E-state index contributed by atoms with van der Waals surface area (Å²) in [6.45, 7) is 9.52. The van der Waals surface area contributed by atoms with Crippen molar-refractivity contribution in [3.8, 4) is 0 Å². The monoisotopic (exact) mass is 398 g/mol. The van der Waals surface area contributed by atoms with E-state index in [1.165, 1.54) is 23.3 Å². The second kappa shape index (κ2) is 7.88. The lowest BCUT2D eigenvalue weighted by Gasteiger charge is -2.50. The number of benzene rings is 1. The number of hydrogen-bond donors (Lipinski definition) is 2. The largest absolute Gasteiger partial charge is 0.462 e. The van der Waals surface area contributed by atoms with Gasteiger partial charge in [0.05, 0.1) is 13.6 Å². The summed E-state index contributed by atoms with van der Waals surface area (Å²) in [5.41, 5.74) is 2.54. The highest BCUT2D eigenvalue weighted by Crippen LogP contribution is 2.56. The minimum Gasteiger partial charge on any atom is -0.462 e. The molecule has 0 aromatic heterocycles. The maximum Gasteiger partial charge on any atom is 0.315 e. The highest BCUT2D eigenvalue weighted by Gasteiger charge is 2.56. The fourth-order valence-electron chi connectivity index (χ4n) is 6.23. The van der Waals surface area contributed by atoms with Gasteiger partial charge in [-0.25, -0.2) is 0 Å². The molecule has 4 nitrogen and oxygen atoms in total. The minimum atomic E-state index is -0.544. The van der Waals surface area contributed by atoms with Crippen molar-refractivity contribution < 1.29 is 19.5 Å². The van der Waals surface area contributed by atoms with Gasteiger partial charge in [0.1, 0.15) is 24.2 Å². The molecule has 0 spiro atoms. The van der Waals surface area contributed by atoms with Crippen LogP contribution in [0.3, 0.4) is 0 Å². The van der Waals surface area contributed by atoms with Crippen LogP contribution in [-0.4, -0.2) is 36.8 Å². The van der Waals surface area contributed by atoms with Gasteiger partial charge in [-0.3, -0.25) is 4.79 Å². The van der Waals surface area contributed by atoms with Crippen molar-refractivity contribution in [2.24, 2.45) is 23.2 Å². The van der Waals surface area contributed by atoms with Crippen LogP contribution in [-0.2, 0) is 9.53 Å². The van der Waals surface area contributed by atoms with Gasteiger partial charge in [-0.2, -0.15) is 0 Å². The third-order valence-corrected chi connectivity index (χ3v) is 8.25. The average Bonchev–Trinajstić information content (AvgIpc) is 2.99. The van der Waals surface area contributed by atoms with Crippen molar-refractivity contribution >= 4 is 5.97 Å². The van der Waals surface area contributed by atoms with Gasteiger partial charge < -0.3 is 14.7 Å². The lowest BCUT2D eigenvalue weighted by molar-refractivity contribution is -0.911. The summed E-state index contributed by atoms with van der Waals surface area (Å²) in [5, 5.41) is 10.8. The first-order valence-corrected chi connectivity index (χ1v) is 11.2. The molecule has 158 valence electrons. The van der Waals surface area contributed by atoms with E-state index in [1.807, 2.05) is 30.3 Å². The first kappa shape index (κ1) is 20.6. The first-order chi connectivity index (χ1) is 13.8. The second-order valence-corrected chi connectivity index (χ2v) is 10.1. The van der Waals surface area contributed by atoms with Gasteiger partial charge in [-0.1, -0.05) is 49.4 Å². The zero-order valence-corrected chi connectivity index (χ0v) is 18.1. The van der Waals surface area contributed by atoms with Crippen LogP contribution in [0.2, 0.25) is 0 Å². The SMILES string of the molecule is C=C1CCC[C@]2(C)C[C@H]3OC(=O)[C@H](C[NH+](C)[C@@H](C)[C@@H](O)c4ccccc4)[C@H]3C[C@@H]12. The molecule has 2 saturated carbocycles. The number of rotatable bonds is 5. The van der Waals surface area contributed by atoms with E-state index in [9.17, 15) is 9.90 Å². The fourth-order valence-corrected chi connectivity index (χ4v) is 6.23. The molecule has 3 fully saturated rings. The van der Waals surface area contributed by atoms with Gasteiger partial charge in [-0.05, 0) is 55.9 Å². The summed E-state index contributed by atoms with van der Waals surface area (Å²) < 4.78 is 5.91. The number of likely N-dealkylation sites (N-methyl/N-ethyl adjacent to an activating group) is 1. The Morgan fingerprint density at radius 1 is 1.34 bits per heavy atom. The Kier molecular flexibility index (Phi) is 5.60. The molecule has 4 heteroatoms. The number of carbonyl (C=O) groups excluding carboxylic acids is 1. The molecule has 0 bridgehead atoms. The number of quaternary nitrogens is 1. The van der Waals surface area contributed by atoms with Crippen LogP contribution in [0.5, 0.6) is 0 Å². The molecule has 2 N–H and O–H groups in total. The maximum atomic E-state index is 12.8. The van der Waals surface area contributed by atoms with Crippen LogP contribution in [0.4, 0.5) is 0 Å². The number of aliphatic hydroxyl groups is 1. The van der Waals surface area contributed by atoms with Crippen LogP contribution in [0.1, 0.15) is 57.6 Å². The predicted octanol–water partition coefficient (Wildman–Crippen LogP) is 2.94. The van der Waals surface area contributed by atoms with Gasteiger partial charge in [0, 0.05) is 5.92 Å². The lowest BCUT2D eigenvalue weighted by Crippen LogP contribution is -3.14. The Bertz CT molecular complexity index is 763. The van der Waals surface area contributed by atoms with Crippen molar-refractivity contribution in [2.45, 2.75) is 64.2 Å². The van der Waals surface area contributed by atoms with E-state index in [0.717, 1.165) is 24.8 Å². The third-order valence-electron chi connectivity index (χ3n) is 8.25. The molecule has 1 aromatic rings. The second-order valence-electron chi connectivity index (χ2n) is 10.1. The van der Waals surface area contributed by atoms with Crippen molar-refractivity contribution in [1.82, 2.24) is 0 Å². The Morgan fingerprint density at radius 2 is 2.07 bits per heavy atom. The Hall–Kier alpha value is -1.65. The Morgan fingerprint density at radius 3 is 2.79 bits per heavy atom. The first-order valence-electron chi connectivity index (χ1n) is 11.2. The summed E-state index contributed by atoms with van der Waals surface area (Å²) in [7, 11) is 2.09. The van der Waals surface area contributed by atoms with Crippen LogP contribution in [0.25, 0.3) is 0 Å². The molecule has 1 saturated heterocycles. The summed E-state index contributed by atoms with van der Waals surface area (Å²) >= 11 is 0. The lowest BCUT2D eigenvalue weighted by atomic mass is 9.55. The van der Waals surface area contributed by atoms with Crippen molar-refractivity contribution in [3.05, 3.63) is 48.0 Å². The van der Waals surface area contributed by atoms with E-state index in [4.69, 9.17) is 4.74 Å². The summed E-state index contributed by atoms with van der Waals surface area (Å²) in [6, 6.07) is 9.80. The third kappa shape index (κ3) is 3.77. The highest BCUT2D eigenvalue weighted by molar-refractivity contribution is 5.75. The number of nitrogens with one attached hydrogen (secondary N) is 1. The highest BCUT2D eigenvalue weighted by atomic mass is 16.6. The maximum absolute atomic E-state index is 12.8. The normalized spacial score (nSPS) is 37.2. The molecule has 1 aromatic carbocycles. The van der Waals surface area contributed by atoms with Gasteiger partial charge in [-0.15, -0.1) is 0 Å². The predicted molar refractivity (Wildman–Crippen MR) is 113 cm³/mol.